The Labute approximate surface area is 251 Å². The lowest BCUT2D eigenvalue weighted by molar-refractivity contribution is -0.124. The number of rotatable bonds is 9. The summed E-state index contributed by atoms with van der Waals surface area (Å²) in [5, 5.41) is 5.98. The zero-order valence-corrected chi connectivity index (χ0v) is 26.1. The summed E-state index contributed by atoms with van der Waals surface area (Å²) in [7, 11) is 0. The number of hydrogen-bond acceptors (Lipinski definition) is 5. The van der Waals surface area contributed by atoms with Gasteiger partial charge in [-0.15, -0.1) is 0 Å². The number of fused-ring (bicyclic) bond motifs is 1. The van der Waals surface area contributed by atoms with Crippen molar-refractivity contribution >= 4 is 17.8 Å². The summed E-state index contributed by atoms with van der Waals surface area (Å²) in [6, 6.07) is 14.9. The largest absolute Gasteiger partial charge is 0.444 e. The second kappa shape index (κ2) is 14.3. The van der Waals surface area contributed by atoms with Gasteiger partial charge in [0.25, 0.3) is 0 Å². The van der Waals surface area contributed by atoms with E-state index in [1.165, 1.54) is 17.5 Å². The Balaban J connectivity index is 1.23. The maximum Gasteiger partial charge on any atom is 0.408 e. The monoisotopic (exact) mass is 575 g/mol. The van der Waals surface area contributed by atoms with E-state index in [0.717, 1.165) is 69.3 Å². The van der Waals surface area contributed by atoms with Crippen LogP contribution in [0.25, 0.3) is 0 Å². The van der Waals surface area contributed by atoms with Gasteiger partial charge in [-0.05, 0) is 101 Å². The van der Waals surface area contributed by atoms with E-state index in [2.05, 4.69) is 27.7 Å². The number of benzene rings is 2. The molecule has 2 aromatic rings. The molecule has 2 amide bonds. The van der Waals surface area contributed by atoms with Crippen molar-refractivity contribution in [2.75, 3.05) is 19.6 Å². The third kappa shape index (κ3) is 9.15. The number of hydrogen-bond donors (Lipinski definition) is 2. The van der Waals surface area contributed by atoms with Crippen molar-refractivity contribution in [3.05, 3.63) is 70.8 Å². The van der Waals surface area contributed by atoms with Crippen LogP contribution >= 0.6 is 0 Å². The maximum atomic E-state index is 13.3. The molecule has 1 atom stereocenters. The highest BCUT2D eigenvalue weighted by molar-refractivity contribution is 5.97. The van der Waals surface area contributed by atoms with E-state index >= 15 is 0 Å². The van der Waals surface area contributed by atoms with Gasteiger partial charge in [0, 0.05) is 30.6 Å². The summed E-state index contributed by atoms with van der Waals surface area (Å²) in [6.45, 7) is 12.5. The van der Waals surface area contributed by atoms with E-state index in [0.29, 0.717) is 5.92 Å². The zero-order valence-electron chi connectivity index (χ0n) is 26.1. The number of carbonyl (C=O) groups excluding carboxylic acids is 3. The molecule has 1 saturated carbocycles. The molecule has 7 heteroatoms. The Bertz CT molecular complexity index is 1210. The average Bonchev–Trinajstić information content (AvgIpc) is 3.16. The Kier molecular flexibility index (Phi) is 10.8. The van der Waals surface area contributed by atoms with Crippen LogP contribution in [0.2, 0.25) is 0 Å². The summed E-state index contributed by atoms with van der Waals surface area (Å²) in [4.78, 5) is 40.9. The van der Waals surface area contributed by atoms with Gasteiger partial charge in [0.2, 0.25) is 5.91 Å². The number of nitrogens with zero attached hydrogens (tertiary/aromatic N) is 1. The highest BCUT2D eigenvalue weighted by Crippen LogP contribution is 2.28. The van der Waals surface area contributed by atoms with Crippen molar-refractivity contribution in [1.82, 2.24) is 15.5 Å². The lowest BCUT2D eigenvalue weighted by atomic mass is 9.84. The normalized spacial score (nSPS) is 20.2. The number of nitrogens with one attached hydrogen (secondary N) is 2. The van der Waals surface area contributed by atoms with Crippen LogP contribution in [0.5, 0.6) is 0 Å². The first-order chi connectivity index (χ1) is 20.0. The molecule has 0 bridgehead atoms. The Hall–Kier alpha value is -3.19. The molecular weight excluding hydrogens is 526 g/mol. The second-order valence-electron chi connectivity index (χ2n) is 13.3. The third-order valence-electron chi connectivity index (χ3n) is 8.51. The van der Waals surface area contributed by atoms with E-state index in [1.807, 2.05) is 50.2 Å². The molecular formula is C35H49N3O4. The standard InChI is InChI=1S/C35H49N3O4/c1-24(2)32(39)29-14-13-26-18-21-38(22-19-28(26)23-29)20-17-25-11-15-30(16-12-25)36-33(40)31(27-9-7-6-8-10-27)37-34(41)42-35(3,4)5/h6-10,13-14,23-25,30-31H,11-12,15-22H2,1-5H3,(H,36,40)(H,37,41)/t25?,30?,31-/m1/s1. The minimum atomic E-state index is -0.800. The second-order valence-corrected chi connectivity index (χ2v) is 13.3. The predicted molar refractivity (Wildman–Crippen MR) is 167 cm³/mol. The summed E-state index contributed by atoms with van der Waals surface area (Å²) >= 11 is 0. The van der Waals surface area contributed by atoms with Crippen molar-refractivity contribution < 1.29 is 19.1 Å². The topological polar surface area (TPSA) is 87.7 Å². The van der Waals surface area contributed by atoms with Crippen LogP contribution in [0.15, 0.2) is 48.5 Å². The molecule has 1 aliphatic heterocycles. The Morgan fingerprint density at radius 2 is 1.60 bits per heavy atom. The van der Waals surface area contributed by atoms with E-state index < -0.39 is 17.7 Å². The first kappa shape index (κ1) is 31.7. The van der Waals surface area contributed by atoms with Crippen LogP contribution in [0.4, 0.5) is 4.79 Å². The predicted octanol–water partition coefficient (Wildman–Crippen LogP) is 6.26. The molecule has 1 fully saturated rings. The minimum Gasteiger partial charge on any atom is -0.444 e. The number of amides is 2. The molecule has 0 unspecified atom stereocenters. The van der Waals surface area contributed by atoms with Crippen molar-refractivity contribution in [1.29, 1.82) is 0 Å². The highest BCUT2D eigenvalue weighted by Gasteiger charge is 2.29. The quantitative estimate of drug-likeness (QED) is 0.345. The molecule has 1 heterocycles. The van der Waals surface area contributed by atoms with Crippen LogP contribution in [0, 0.1) is 11.8 Å². The van der Waals surface area contributed by atoms with Gasteiger partial charge in [-0.3, -0.25) is 9.59 Å². The summed E-state index contributed by atoms with van der Waals surface area (Å²) in [5.41, 5.74) is 3.64. The highest BCUT2D eigenvalue weighted by atomic mass is 16.6. The molecule has 7 nitrogen and oxygen atoms in total. The minimum absolute atomic E-state index is 0.0212. The average molecular weight is 576 g/mol. The summed E-state index contributed by atoms with van der Waals surface area (Å²) < 4.78 is 5.42. The molecule has 4 rings (SSSR count). The van der Waals surface area contributed by atoms with E-state index in [4.69, 9.17) is 4.74 Å². The van der Waals surface area contributed by atoms with Gasteiger partial charge in [0.05, 0.1) is 0 Å². The molecule has 0 radical (unpaired) electrons. The van der Waals surface area contributed by atoms with Crippen molar-refractivity contribution in [3.8, 4) is 0 Å². The molecule has 2 aliphatic rings. The lowest BCUT2D eigenvalue weighted by Gasteiger charge is -2.32. The van der Waals surface area contributed by atoms with Gasteiger partial charge >= 0.3 is 6.09 Å². The van der Waals surface area contributed by atoms with Crippen molar-refractivity contribution in [3.63, 3.8) is 0 Å². The number of carbonyl (C=O) groups is 3. The van der Waals surface area contributed by atoms with Crippen LogP contribution in [-0.4, -0.2) is 54.0 Å². The maximum absolute atomic E-state index is 13.3. The first-order valence-electron chi connectivity index (χ1n) is 15.7. The Morgan fingerprint density at radius 1 is 0.929 bits per heavy atom. The van der Waals surface area contributed by atoms with Gasteiger partial charge in [0.15, 0.2) is 5.78 Å². The van der Waals surface area contributed by atoms with Gasteiger partial charge < -0.3 is 20.3 Å². The molecule has 42 heavy (non-hydrogen) atoms. The van der Waals surface area contributed by atoms with Crippen LogP contribution in [0.3, 0.4) is 0 Å². The smallest absolute Gasteiger partial charge is 0.408 e. The number of ketones is 1. The molecule has 228 valence electrons. The van der Waals surface area contributed by atoms with Gasteiger partial charge in [0.1, 0.15) is 11.6 Å². The van der Waals surface area contributed by atoms with Crippen LogP contribution < -0.4 is 10.6 Å². The number of Topliss-reactive ketones (excluding diaryl/α,β-unsaturated/α-hetero) is 1. The van der Waals surface area contributed by atoms with Gasteiger partial charge in [-0.2, -0.15) is 0 Å². The molecule has 1 aliphatic carbocycles. The van der Waals surface area contributed by atoms with Gasteiger partial charge in [-0.25, -0.2) is 4.79 Å². The van der Waals surface area contributed by atoms with Crippen LogP contribution in [0.1, 0.15) is 99.8 Å². The van der Waals surface area contributed by atoms with Crippen molar-refractivity contribution in [2.45, 2.75) is 97.2 Å². The van der Waals surface area contributed by atoms with Gasteiger partial charge in [-0.1, -0.05) is 56.3 Å². The summed E-state index contributed by atoms with van der Waals surface area (Å²) in [5.74, 6) is 0.704. The van der Waals surface area contributed by atoms with E-state index in [-0.39, 0.29) is 23.7 Å². The first-order valence-corrected chi connectivity index (χ1v) is 15.7. The lowest BCUT2D eigenvalue weighted by Crippen LogP contribution is -2.46. The molecule has 2 N–H and O–H groups in total. The SMILES string of the molecule is CC(C)C(=O)c1ccc2c(c1)CCN(CCC1CCC(NC(=O)[C@H](NC(=O)OC(C)(C)C)c3ccccc3)CC1)CC2. The van der Waals surface area contributed by atoms with Crippen molar-refractivity contribution in [2.24, 2.45) is 11.8 Å². The third-order valence-corrected chi connectivity index (χ3v) is 8.51. The number of alkyl carbamates (subject to hydrolysis) is 1. The summed E-state index contributed by atoms with van der Waals surface area (Å²) in [6.07, 6.45) is 6.67. The molecule has 0 spiro atoms. The molecule has 2 aromatic carbocycles. The Morgan fingerprint density at radius 3 is 2.24 bits per heavy atom. The fourth-order valence-corrected chi connectivity index (χ4v) is 6.10. The number of ether oxygens (including phenoxy) is 1. The molecule has 0 saturated heterocycles. The van der Waals surface area contributed by atoms with E-state index in [1.54, 1.807) is 20.8 Å². The fourth-order valence-electron chi connectivity index (χ4n) is 6.10. The van der Waals surface area contributed by atoms with Crippen LogP contribution in [-0.2, 0) is 22.4 Å². The fraction of sp³-hybridized carbons (Fsp3) is 0.571. The van der Waals surface area contributed by atoms with E-state index in [9.17, 15) is 14.4 Å². The zero-order chi connectivity index (χ0) is 30.3. The molecule has 0 aromatic heterocycles.